The van der Waals surface area contributed by atoms with E-state index in [9.17, 15) is 9.59 Å². The van der Waals surface area contributed by atoms with Crippen LogP contribution < -0.4 is 22.3 Å². The molecule has 1 aliphatic rings. The van der Waals surface area contributed by atoms with Crippen molar-refractivity contribution in [3.8, 4) is 5.88 Å². The van der Waals surface area contributed by atoms with E-state index in [2.05, 4.69) is 4.98 Å². The number of hydrogen-bond donors (Lipinski definition) is 1. The van der Waals surface area contributed by atoms with E-state index in [1.54, 1.807) is 6.08 Å². The number of benzene rings is 2. The standard InChI is InChI=1S/C23H17N3O5/c1-29-22(28)17-16(14-10-6-3-7-11-14)18-20(31-23(24)25-18)26-15(21(27)30-19(17)26)12-13-8-4-2-5-9-13/h2-12,16H,1H3,(H2,24,25)/b15-12+/t16-/m1/s1. The van der Waals surface area contributed by atoms with Crippen LogP contribution in [0.5, 0.6) is 0 Å². The Morgan fingerprint density at radius 2 is 1.77 bits per heavy atom. The highest BCUT2D eigenvalue weighted by Crippen LogP contribution is 2.38. The summed E-state index contributed by atoms with van der Waals surface area (Å²) in [7, 11) is 1.27. The summed E-state index contributed by atoms with van der Waals surface area (Å²) < 4.78 is 17.7. The lowest BCUT2D eigenvalue weighted by molar-refractivity contribution is -0.134. The predicted molar refractivity (Wildman–Crippen MR) is 112 cm³/mol. The van der Waals surface area contributed by atoms with Crippen molar-refractivity contribution >= 4 is 23.6 Å². The van der Waals surface area contributed by atoms with Gasteiger partial charge in [0.15, 0.2) is 0 Å². The number of anilines is 1. The van der Waals surface area contributed by atoms with Crippen LogP contribution in [-0.2, 0) is 9.53 Å². The number of ether oxygens (including phenoxy) is 1. The lowest BCUT2D eigenvalue weighted by atomic mass is 9.87. The van der Waals surface area contributed by atoms with Crippen molar-refractivity contribution in [2.75, 3.05) is 12.8 Å². The molecule has 0 saturated heterocycles. The lowest BCUT2D eigenvalue weighted by Crippen LogP contribution is -2.37. The molecular formula is C23H17N3O5. The van der Waals surface area contributed by atoms with Crippen LogP contribution in [0.4, 0.5) is 6.01 Å². The van der Waals surface area contributed by atoms with Gasteiger partial charge in [-0.3, -0.25) is 0 Å². The highest BCUT2D eigenvalue weighted by molar-refractivity contribution is 6.12. The van der Waals surface area contributed by atoms with Gasteiger partial charge in [0.1, 0.15) is 16.6 Å². The SMILES string of the molecule is COC(=O)C1=c2oc(=O)/c(=C\c3ccccc3)n2-c2oc(N)nc2[C@@H]1c1ccccc1. The molecular weight excluding hydrogens is 398 g/mol. The number of carbonyl (C=O) groups is 1. The number of nitrogens with zero attached hydrogens (tertiary/aromatic N) is 2. The van der Waals surface area contributed by atoms with Crippen molar-refractivity contribution in [3.05, 3.63) is 98.8 Å². The van der Waals surface area contributed by atoms with Crippen LogP contribution in [0.25, 0.3) is 17.5 Å². The van der Waals surface area contributed by atoms with Crippen molar-refractivity contribution in [1.82, 2.24) is 9.55 Å². The maximum Gasteiger partial charge on any atom is 0.362 e. The van der Waals surface area contributed by atoms with Gasteiger partial charge in [-0.25, -0.2) is 14.2 Å². The first-order valence-corrected chi connectivity index (χ1v) is 9.51. The minimum atomic E-state index is -0.681. The molecule has 0 aliphatic carbocycles. The van der Waals surface area contributed by atoms with Crippen LogP contribution in [-0.4, -0.2) is 22.6 Å². The summed E-state index contributed by atoms with van der Waals surface area (Å²) in [5.41, 5.74) is 7.33. The molecule has 0 amide bonds. The number of oxazole rings is 2. The molecule has 8 nitrogen and oxygen atoms in total. The van der Waals surface area contributed by atoms with Crippen LogP contribution in [0.2, 0.25) is 0 Å². The molecule has 3 heterocycles. The Hall–Kier alpha value is -4.33. The minimum Gasteiger partial charge on any atom is -0.465 e. The van der Waals surface area contributed by atoms with Crippen LogP contribution in [0, 0.1) is 0 Å². The van der Waals surface area contributed by atoms with Crippen LogP contribution >= 0.6 is 0 Å². The molecule has 31 heavy (non-hydrogen) atoms. The van der Waals surface area contributed by atoms with E-state index >= 15 is 0 Å². The molecule has 0 unspecified atom stereocenters. The molecule has 0 radical (unpaired) electrons. The zero-order chi connectivity index (χ0) is 21.5. The number of carbonyl (C=O) groups excluding carboxylic acids is 1. The highest BCUT2D eigenvalue weighted by Gasteiger charge is 2.39. The third kappa shape index (κ3) is 2.96. The van der Waals surface area contributed by atoms with E-state index in [-0.39, 0.29) is 28.4 Å². The number of nitrogens with two attached hydrogens (primary N) is 1. The third-order valence-electron chi connectivity index (χ3n) is 5.13. The first kappa shape index (κ1) is 18.7. The summed E-state index contributed by atoms with van der Waals surface area (Å²) >= 11 is 0. The van der Waals surface area contributed by atoms with Gasteiger partial charge in [-0.2, -0.15) is 4.98 Å². The smallest absolute Gasteiger partial charge is 0.362 e. The fraction of sp³-hybridized carbons (Fsp3) is 0.0870. The molecule has 0 saturated carbocycles. The summed E-state index contributed by atoms with van der Waals surface area (Å²) in [4.78, 5) is 30.1. The molecule has 2 aromatic heterocycles. The van der Waals surface area contributed by atoms with E-state index in [4.69, 9.17) is 19.3 Å². The van der Waals surface area contributed by atoms with E-state index in [1.807, 2.05) is 60.7 Å². The number of aromatic nitrogens is 2. The zero-order valence-electron chi connectivity index (χ0n) is 16.4. The second kappa shape index (κ2) is 7.17. The van der Waals surface area contributed by atoms with E-state index in [0.29, 0.717) is 5.69 Å². The Morgan fingerprint density at radius 1 is 1.10 bits per heavy atom. The van der Waals surface area contributed by atoms with Crippen LogP contribution in [0.1, 0.15) is 22.7 Å². The molecule has 0 fully saturated rings. The van der Waals surface area contributed by atoms with Gasteiger partial charge >= 0.3 is 11.6 Å². The normalized spacial score (nSPS) is 15.5. The third-order valence-corrected chi connectivity index (χ3v) is 5.13. The molecule has 1 aliphatic heterocycles. The van der Waals surface area contributed by atoms with Gasteiger partial charge in [-0.15, -0.1) is 0 Å². The monoisotopic (exact) mass is 415 g/mol. The van der Waals surface area contributed by atoms with Crippen molar-refractivity contribution < 1.29 is 18.4 Å². The number of fused-ring (bicyclic) bond motifs is 3. The average Bonchev–Trinajstić information content (AvgIpc) is 3.32. The first-order valence-electron chi connectivity index (χ1n) is 9.51. The van der Waals surface area contributed by atoms with Gasteiger partial charge in [-0.05, 0) is 17.2 Å². The van der Waals surface area contributed by atoms with Crippen molar-refractivity contribution in [2.24, 2.45) is 0 Å². The molecule has 8 heteroatoms. The Morgan fingerprint density at radius 3 is 2.45 bits per heavy atom. The summed E-state index contributed by atoms with van der Waals surface area (Å²) in [5.74, 6) is -1.10. The Bertz CT molecular complexity index is 1460. The molecule has 154 valence electrons. The zero-order valence-corrected chi connectivity index (χ0v) is 16.4. The second-order valence-corrected chi connectivity index (χ2v) is 6.96. The lowest BCUT2D eigenvalue weighted by Gasteiger charge is -2.21. The van der Waals surface area contributed by atoms with Gasteiger partial charge in [0.2, 0.25) is 11.4 Å². The van der Waals surface area contributed by atoms with Gasteiger partial charge in [0, 0.05) is 0 Å². The maximum absolute atomic E-state index is 12.9. The highest BCUT2D eigenvalue weighted by atomic mass is 16.5. The number of methoxy groups -OCH3 is 1. The average molecular weight is 415 g/mol. The molecule has 2 aromatic carbocycles. The molecule has 5 rings (SSSR count). The quantitative estimate of drug-likeness (QED) is 0.502. The summed E-state index contributed by atoms with van der Waals surface area (Å²) in [6, 6.07) is 18.4. The first-order chi connectivity index (χ1) is 15.1. The summed E-state index contributed by atoms with van der Waals surface area (Å²) in [6.45, 7) is 0. The Labute approximate surface area is 175 Å². The van der Waals surface area contributed by atoms with Crippen molar-refractivity contribution in [2.45, 2.75) is 5.92 Å². The van der Waals surface area contributed by atoms with E-state index < -0.39 is 17.5 Å². The second-order valence-electron chi connectivity index (χ2n) is 6.96. The van der Waals surface area contributed by atoms with Crippen molar-refractivity contribution in [1.29, 1.82) is 0 Å². The largest absolute Gasteiger partial charge is 0.465 e. The Balaban J connectivity index is 1.93. The fourth-order valence-electron chi connectivity index (χ4n) is 3.83. The van der Waals surface area contributed by atoms with Crippen LogP contribution in [0.3, 0.4) is 0 Å². The molecule has 4 aromatic rings. The number of nitrogen functional groups attached to an aromatic ring is 1. The van der Waals surface area contributed by atoms with Gasteiger partial charge < -0.3 is 19.3 Å². The fourth-order valence-corrected chi connectivity index (χ4v) is 3.83. The number of hydrogen-bond acceptors (Lipinski definition) is 7. The van der Waals surface area contributed by atoms with Crippen molar-refractivity contribution in [3.63, 3.8) is 0 Å². The molecule has 2 N–H and O–H groups in total. The maximum atomic E-state index is 12.9. The predicted octanol–water partition coefficient (Wildman–Crippen LogP) is 1.30. The molecule has 1 atom stereocenters. The van der Waals surface area contributed by atoms with Crippen LogP contribution in [0.15, 0.2) is 74.3 Å². The van der Waals surface area contributed by atoms with Gasteiger partial charge in [-0.1, -0.05) is 60.7 Å². The van der Waals surface area contributed by atoms with Gasteiger partial charge in [0.25, 0.3) is 6.01 Å². The molecule has 0 spiro atoms. The number of rotatable bonds is 3. The van der Waals surface area contributed by atoms with Gasteiger partial charge in [0.05, 0.1) is 13.0 Å². The van der Waals surface area contributed by atoms with E-state index in [1.165, 1.54) is 11.7 Å². The topological polar surface area (TPSA) is 113 Å². The van der Waals surface area contributed by atoms with E-state index in [0.717, 1.165) is 11.1 Å². The minimum absolute atomic E-state index is 0.0246. The number of esters is 1. The molecule has 0 bridgehead atoms. The summed E-state index contributed by atoms with van der Waals surface area (Å²) in [5, 5.41) is 0.173. The summed E-state index contributed by atoms with van der Waals surface area (Å²) in [6.07, 6.45) is 1.65. The Kier molecular flexibility index (Phi) is 4.32.